The van der Waals surface area contributed by atoms with Crippen LogP contribution in [-0.4, -0.2) is 14.4 Å². The van der Waals surface area contributed by atoms with Crippen LogP contribution in [0.15, 0.2) is 65.8 Å². The van der Waals surface area contributed by atoms with Crippen molar-refractivity contribution in [2.24, 2.45) is 0 Å². The zero-order chi connectivity index (χ0) is 14.9. The van der Waals surface area contributed by atoms with Gasteiger partial charge in [0.05, 0.1) is 11.9 Å². The third kappa shape index (κ3) is 2.41. The lowest BCUT2D eigenvalue weighted by Crippen LogP contribution is -1.85. The third-order valence-corrected chi connectivity index (χ3v) is 4.44. The van der Waals surface area contributed by atoms with Gasteiger partial charge in [0.2, 0.25) is 0 Å². The summed E-state index contributed by atoms with van der Waals surface area (Å²) in [7, 11) is 0. The highest BCUT2D eigenvalue weighted by molar-refractivity contribution is 14.1. The summed E-state index contributed by atoms with van der Waals surface area (Å²) >= 11 is 2.37. The molecule has 3 aromatic heterocycles. The summed E-state index contributed by atoms with van der Waals surface area (Å²) in [4.78, 5) is 8.62. The Morgan fingerprint density at radius 3 is 2.55 bits per heavy atom. The summed E-state index contributed by atoms with van der Waals surface area (Å²) in [5.41, 5.74) is 5.32. The molecule has 0 N–H and O–H groups in total. The van der Waals surface area contributed by atoms with Gasteiger partial charge in [-0.05, 0) is 11.6 Å². The third-order valence-electron chi connectivity index (χ3n) is 3.56. The van der Waals surface area contributed by atoms with E-state index in [9.17, 15) is 0 Å². The van der Waals surface area contributed by atoms with Crippen molar-refractivity contribution >= 4 is 28.2 Å². The number of aromatic nitrogens is 3. The Morgan fingerprint density at radius 2 is 1.82 bits per heavy atom. The molecule has 4 nitrogen and oxygen atoms in total. The van der Waals surface area contributed by atoms with Crippen molar-refractivity contribution < 1.29 is 4.42 Å². The standard InChI is InChI=1S/C17H12IN3O/c18-7-12-1-6-17-20-15(10-21(17)9-12)13-2-4-14(5-3-13)16-8-19-11-22-16/h1-6,8-11H,7H2. The summed E-state index contributed by atoms with van der Waals surface area (Å²) in [5, 5.41) is 0. The second kappa shape index (κ2) is 5.57. The van der Waals surface area contributed by atoms with E-state index in [2.05, 4.69) is 73.6 Å². The zero-order valence-corrected chi connectivity index (χ0v) is 13.8. The maximum Gasteiger partial charge on any atom is 0.181 e. The minimum Gasteiger partial charge on any atom is -0.444 e. The summed E-state index contributed by atoms with van der Waals surface area (Å²) < 4.78 is 8.38. The molecule has 108 valence electrons. The molecule has 0 spiro atoms. The number of alkyl halides is 1. The smallest absolute Gasteiger partial charge is 0.181 e. The summed E-state index contributed by atoms with van der Waals surface area (Å²) in [6, 6.07) is 12.3. The van der Waals surface area contributed by atoms with Crippen molar-refractivity contribution in [1.82, 2.24) is 14.4 Å². The minimum absolute atomic E-state index is 0.772. The number of benzene rings is 1. The topological polar surface area (TPSA) is 43.3 Å². The molecule has 0 aliphatic heterocycles. The first kappa shape index (κ1) is 13.5. The van der Waals surface area contributed by atoms with E-state index >= 15 is 0 Å². The Hall–Kier alpha value is -2.15. The van der Waals surface area contributed by atoms with Crippen LogP contribution in [0.3, 0.4) is 0 Å². The Balaban J connectivity index is 1.72. The molecule has 0 unspecified atom stereocenters. The molecule has 0 radical (unpaired) electrons. The maximum atomic E-state index is 5.31. The molecule has 0 fully saturated rings. The highest BCUT2D eigenvalue weighted by Gasteiger charge is 2.06. The number of rotatable bonds is 3. The van der Waals surface area contributed by atoms with Gasteiger partial charge < -0.3 is 8.82 Å². The lowest BCUT2D eigenvalue weighted by Gasteiger charge is -1.98. The molecule has 0 saturated heterocycles. The van der Waals surface area contributed by atoms with Crippen molar-refractivity contribution in [2.75, 3.05) is 0 Å². The summed E-state index contributed by atoms with van der Waals surface area (Å²) in [5.74, 6) is 0.772. The van der Waals surface area contributed by atoms with Crippen molar-refractivity contribution in [3.05, 3.63) is 66.9 Å². The highest BCUT2D eigenvalue weighted by Crippen LogP contribution is 2.24. The van der Waals surface area contributed by atoms with E-state index in [0.29, 0.717) is 0 Å². The number of oxazole rings is 1. The Morgan fingerprint density at radius 1 is 1.00 bits per heavy atom. The van der Waals surface area contributed by atoms with E-state index in [4.69, 9.17) is 4.42 Å². The van der Waals surface area contributed by atoms with Gasteiger partial charge in [-0.25, -0.2) is 9.97 Å². The number of imidazole rings is 1. The lowest BCUT2D eigenvalue weighted by molar-refractivity contribution is 0.572. The summed E-state index contributed by atoms with van der Waals surface area (Å²) in [6.45, 7) is 0. The number of nitrogens with zero attached hydrogens (tertiary/aromatic N) is 3. The van der Waals surface area contributed by atoms with Crippen LogP contribution in [0.4, 0.5) is 0 Å². The predicted molar refractivity (Wildman–Crippen MR) is 93.8 cm³/mol. The van der Waals surface area contributed by atoms with Crippen molar-refractivity contribution in [1.29, 1.82) is 0 Å². The highest BCUT2D eigenvalue weighted by atomic mass is 127. The molecule has 0 aliphatic carbocycles. The van der Waals surface area contributed by atoms with Gasteiger partial charge in [0.25, 0.3) is 0 Å². The second-order valence-corrected chi connectivity index (χ2v) is 5.77. The molecule has 3 heterocycles. The first-order valence-electron chi connectivity index (χ1n) is 6.86. The van der Waals surface area contributed by atoms with Crippen LogP contribution in [0.25, 0.3) is 28.2 Å². The van der Waals surface area contributed by atoms with E-state index in [1.165, 1.54) is 12.0 Å². The van der Waals surface area contributed by atoms with Gasteiger partial charge >= 0.3 is 0 Å². The molecule has 4 aromatic rings. The van der Waals surface area contributed by atoms with Crippen molar-refractivity contribution in [2.45, 2.75) is 4.43 Å². The monoisotopic (exact) mass is 401 g/mol. The summed E-state index contributed by atoms with van der Waals surface area (Å²) in [6.07, 6.45) is 7.34. The molecule has 0 aliphatic rings. The van der Waals surface area contributed by atoms with Gasteiger partial charge in [0.15, 0.2) is 12.2 Å². The normalized spacial score (nSPS) is 11.1. The molecule has 0 bridgehead atoms. The largest absolute Gasteiger partial charge is 0.444 e. The molecule has 0 saturated carbocycles. The van der Waals surface area contributed by atoms with Gasteiger partial charge in [-0.1, -0.05) is 52.9 Å². The van der Waals surface area contributed by atoms with Crippen molar-refractivity contribution in [3.63, 3.8) is 0 Å². The number of hydrogen-bond acceptors (Lipinski definition) is 3. The van der Waals surface area contributed by atoms with Gasteiger partial charge in [0.1, 0.15) is 5.65 Å². The van der Waals surface area contributed by atoms with Crippen LogP contribution < -0.4 is 0 Å². The Kier molecular flexibility index (Phi) is 3.42. The average molecular weight is 401 g/mol. The minimum atomic E-state index is 0.772. The number of fused-ring (bicyclic) bond motifs is 1. The van der Waals surface area contributed by atoms with Gasteiger partial charge in [-0.15, -0.1) is 0 Å². The molecular weight excluding hydrogens is 389 g/mol. The van der Waals surface area contributed by atoms with Crippen LogP contribution >= 0.6 is 22.6 Å². The van der Waals surface area contributed by atoms with Crippen LogP contribution in [0.1, 0.15) is 5.56 Å². The number of hydrogen-bond donors (Lipinski definition) is 0. The Bertz CT molecular complexity index is 911. The van der Waals surface area contributed by atoms with Crippen LogP contribution in [0.5, 0.6) is 0 Å². The number of halogens is 1. The first-order valence-corrected chi connectivity index (χ1v) is 8.39. The van der Waals surface area contributed by atoms with Gasteiger partial charge in [-0.2, -0.15) is 0 Å². The quantitative estimate of drug-likeness (QED) is 0.373. The maximum absolute atomic E-state index is 5.31. The molecule has 0 amide bonds. The molecule has 5 heteroatoms. The van der Waals surface area contributed by atoms with E-state index in [0.717, 1.165) is 32.7 Å². The van der Waals surface area contributed by atoms with Crippen LogP contribution in [0, 0.1) is 0 Å². The fourth-order valence-electron chi connectivity index (χ4n) is 2.42. The van der Waals surface area contributed by atoms with Gasteiger partial charge in [-0.3, -0.25) is 0 Å². The molecular formula is C17H12IN3O. The first-order chi connectivity index (χ1) is 10.8. The van der Waals surface area contributed by atoms with Gasteiger partial charge in [0, 0.05) is 27.9 Å². The van der Waals surface area contributed by atoms with E-state index in [1.54, 1.807) is 6.20 Å². The van der Waals surface area contributed by atoms with E-state index < -0.39 is 0 Å². The molecule has 22 heavy (non-hydrogen) atoms. The Labute approximate surface area is 141 Å². The SMILES string of the molecule is ICc1ccc2nc(-c3ccc(-c4cnco4)cc3)cn2c1. The predicted octanol–water partition coefficient (Wildman–Crippen LogP) is 4.59. The molecule has 0 atom stereocenters. The number of pyridine rings is 1. The zero-order valence-electron chi connectivity index (χ0n) is 11.6. The van der Waals surface area contributed by atoms with Crippen LogP contribution in [-0.2, 0) is 4.43 Å². The van der Waals surface area contributed by atoms with E-state index in [1.807, 2.05) is 12.1 Å². The fraction of sp³-hybridized carbons (Fsp3) is 0.0588. The second-order valence-electron chi connectivity index (χ2n) is 5.01. The molecule has 1 aromatic carbocycles. The van der Waals surface area contributed by atoms with Crippen molar-refractivity contribution in [3.8, 4) is 22.6 Å². The van der Waals surface area contributed by atoms with E-state index in [-0.39, 0.29) is 0 Å². The average Bonchev–Trinajstić information content (AvgIpc) is 3.23. The fourth-order valence-corrected chi connectivity index (χ4v) is 2.87. The van der Waals surface area contributed by atoms with Crippen LogP contribution in [0.2, 0.25) is 0 Å². The lowest BCUT2D eigenvalue weighted by atomic mass is 10.1. The molecule has 4 rings (SSSR count).